The molecule has 0 aromatic heterocycles. The van der Waals surface area contributed by atoms with Crippen molar-refractivity contribution in [1.82, 2.24) is 15.1 Å². The van der Waals surface area contributed by atoms with E-state index in [9.17, 15) is 32.7 Å². The lowest BCUT2D eigenvalue weighted by Gasteiger charge is -2.45. The Morgan fingerprint density at radius 3 is 2.42 bits per heavy atom. The van der Waals surface area contributed by atoms with Crippen LogP contribution in [-0.2, 0) is 16.0 Å². The molecule has 10 heteroatoms. The Morgan fingerprint density at radius 1 is 1.03 bits per heavy atom. The van der Waals surface area contributed by atoms with Gasteiger partial charge >= 0.3 is 0 Å². The summed E-state index contributed by atoms with van der Waals surface area (Å²) in [7, 11) is 0. The molecule has 0 saturated carbocycles. The molecule has 2 aliphatic heterocycles. The second-order valence-electron chi connectivity index (χ2n) is 7.48. The van der Waals surface area contributed by atoms with Crippen molar-refractivity contribution in [2.24, 2.45) is 0 Å². The van der Waals surface area contributed by atoms with Gasteiger partial charge in [0.05, 0.1) is 12.1 Å². The molecule has 0 radical (unpaired) electrons. The van der Waals surface area contributed by atoms with Crippen molar-refractivity contribution >= 4 is 17.7 Å². The van der Waals surface area contributed by atoms with Gasteiger partial charge in [0, 0.05) is 25.6 Å². The van der Waals surface area contributed by atoms with Crippen LogP contribution in [0.1, 0.15) is 15.9 Å². The summed E-state index contributed by atoms with van der Waals surface area (Å²) in [6.07, 6.45) is 0.233. The van der Waals surface area contributed by atoms with Gasteiger partial charge in [-0.1, -0.05) is 12.1 Å². The van der Waals surface area contributed by atoms with E-state index in [-0.39, 0.29) is 37.7 Å². The second kappa shape index (κ2) is 7.93. The van der Waals surface area contributed by atoms with Crippen LogP contribution in [0.25, 0.3) is 0 Å². The van der Waals surface area contributed by atoms with E-state index in [0.29, 0.717) is 12.1 Å². The molecule has 0 bridgehead atoms. The standard InChI is InChI=1S/C21H18F3N3O4/c22-14-9-16(24)15(23)8-13(14)20(30)26-5-6-27-18(10-26)19(29)25-17(21(27)31)7-11-1-3-12(28)4-2-11/h1-4,8-9,17-18,28H,5-7,10H2,(H,25,29)/t17-,18-/m1/s1. The Balaban J connectivity index is 1.48. The highest BCUT2D eigenvalue weighted by Gasteiger charge is 2.44. The molecule has 2 N–H and O–H groups in total. The summed E-state index contributed by atoms with van der Waals surface area (Å²) in [5, 5.41) is 12.0. The first-order valence-electron chi connectivity index (χ1n) is 9.57. The fourth-order valence-electron chi connectivity index (χ4n) is 3.85. The molecule has 0 aliphatic carbocycles. The maximum Gasteiger partial charge on any atom is 0.257 e. The predicted molar refractivity (Wildman–Crippen MR) is 101 cm³/mol. The Kier molecular flexibility index (Phi) is 5.30. The maximum absolute atomic E-state index is 14.0. The zero-order valence-corrected chi connectivity index (χ0v) is 16.1. The number of carbonyl (C=O) groups excluding carboxylic acids is 3. The molecule has 2 saturated heterocycles. The first-order chi connectivity index (χ1) is 14.7. The molecule has 162 valence electrons. The second-order valence-corrected chi connectivity index (χ2v) is 7.48. The van der Waals surface area contributed by atoms with Crippen LogP contribution in [0.5, 0.6) is 5.75 Å². The third-order valence-corrected chi connectivity index (χ3v) is 5.48. The number of phenols is 1. The monoisotopic (exact) mass is 433 g/mol. The van der Waals surface area contributed by atoms with E-state index in [1.807, 2.05) is 0 Å². The molecule has 0 unspecified atom stereocenters. The summed E-state index contributed by atoms with van der Waals surface area (Å²) in [6.45, 7) is -0.139. The topological polar surface area (TPSA) is 89.9 Å². The number of halogens is 3. The number of fused-ring (bicyclic) bond motifs is 1. The number of piperazine rings is 2. The van der Waals surface area contributed by atoms with Crippen LogP contribution in [0.4, 0.5) is 13.2 Å². The number of hydrogen-bond donors (Lipinski definition) is 2. The average Bonchev–Trinajstić information content (AvgIpc) is 2.75. The zero-order valence-electron chi connectivity index (χ0n) is 16.1. The van der Waals surface area contributed by atoms with Crippen molar-refractivity contribution in [3.63, 3.8) is 0 Å². The molecular formula is C21H18F3N3O4. The first kappa shape index (κ1) is 20.7. The largest absolute Gasteiger partial charge is 0.508 e. The molecule has 2 aliphatic rings. The van der Waals surface area contributed by atoms with Crippen molar-refractivity contribution in [3.05, 3.63) is 65.0 Å². The van der Waals surface area contributed by atoms with Crippen LogP contribution in [0, 0.1) is 17.5 Å². The van der Waals surface area contributed by atoms with Crippen LogP contribution in [0.15, 0.2) is 36.4 Å². The average molecular weight is 433 g/mol. The van der Waals surface area contributed by atoms with Crippen LogP contribution in [0.3, 0.4) is 0 Å². The molecule has 2 aromatic rings. The number of rotatable bonds is 3. The first-order valence-corrected chi connectivity index (χ1v) is 9.57. The van der Waals surface area contributed by atoms with Gasteiger partial charge in [0.2, 0.25) is 11.8 Å². The smallest absolute Gasteiger partial charge is 0.257 e. The van der Waals surface area contributed by atoms with Crippen molar-refractivity contribution in [1.29, 1.82) is 0 Å². The molecular weight excluding hydrogens is 415 g/mol. The predicted octanol–water partition coefficient (Wildman–Crippen LogP) is 1.20. The number of nitrogens with zero attached hydrogens (tertiary/aromatic N) is 2. The van der Waals surface area contributed by atoms with E-state index >= 15 is 0 Å². The fourth-order valence-corrected chi connectivity index (χ4v) is 3.85. The van der Waals surface area contributed by atoms with Crippen molar-refractivity contribution in [2.75, 3.05) is 19.6 Å². The molecule has 4 rings (SSSR count). The van der Waals surface area contributed by atoms with Gasteiger partial charge in [-0.3, -0.25) is 14.4 Å². The minimum Gasteiger partial charge on any atom is -0.508 e. The molecule has 2 fully saturated rings. The van der Waals surface area contributed by atoms with Crippen LogP contribution >= 0.6 is 0 Å². The molecule has 3 amide bonds. The van der Waals surface area contributed by atoms with Crippen LogP contribution < -0.4 is 5.32 Å². The molecule has 2 aromatic carbocycles. The molecule has 2 heterocycles. The van der Waals surface area contributed by atoms with Gasteiger partial charge in [-0.25, -0.2) is 13.2 Å². The van der Waals surface area contributed by atoms with E-state index in [1.165, 1.54) is 17.0 Å². The SMILES string of the molecule is O=C1N[C@H](Cc2ccc(O)cc2)C(=O)N2CCN(C(=O)c3cc(F)c(F)cc3F)C[C@H]12. The minimum absolute atomic E-state index is 0.0126. The van der Waals surface area contributed by atoms with Gasteiger partial charge in [-0.2, -0.15) is 0 Å². The van der Waals surface area contributed by atoms with E-state index in [0.717, 1.165) is 10.5 Å². The Bertz CT molecular complexity index is 1060. The van der Waals surface area contributed by atoms with E-state index in [1.54, 1.807) is 12.1 Å². The van der Waals surface area contributed by atoms with Gasteiger partial charge in [-0.05, 0) is 23.8 Å². The van der Waals surface area contributed by atoms with Crippen molar-refractivity contribution < 1.29 is 32.7 Å². The van der Waals surface area contributed by atoms with Gasteiger partial charge in [-0.15, -0.1) is 0 Å². The summed E-state index contributed by atoms with van der Waals surface area (Å²) in [5.74, 6) is -5.55. The number of hydrogen-bond acceptors (Lipinski definition) is 4. The van der Waals surface area contributed by atoms with E-state index < -0.39 is 46.9 Å². The number of carbonyl (C=O) groups is 3. The van der Waals surface area contributed by atoms with Crippen LogP contribution in [0.2, 0.25) is 0 Å². The molecule has 31 heavy (non-hydrogen) atoms. The van der Waals surface area contributed by atoms with Crippen molar-refractivity contribution in [2.45, 2.75) is 18.5 Å². The minimum atomic E-state index is -1.41. The third kappa shape index (κ3) is 3.92. The summed E-state index contributed by atoms with van der Waals surface area (Å²) in [4.78, 5) is 40.6. The number of benzene rings is 2. The molecule has 7 nitrogen and oxygen atoms in total. The van der Waals surface area contributed by atoms with Gasteiger partial charge in [0.1, 0.15) is 23.7 Å². The Hall–Kier alpha value is -3.56. The summed E-state index contributed by atoms with van der Waals surface area (Å²) in [6, 6.07) is 5.28. The summed E-state index contributed by atoms with van der Waals surface area (Å²) < 4.78 is 40.6. The number of amides is 3. The lowest BCUT2D eigenvalue weighted by atomic mass is 9.98. The van der Waals surface area contributed by atoms with Crippen molar-refractivity contribution in [3.8, 4) is 5.75 Å². The quantitative estimate of drug-likeness (QED) is 0.712. The number of aromatic hydroxyl groups is 1. The van der Waals surface area contributed by atoms with E-state index in [2.05, 4.69) is 5.32 Å². The van der Waals surface area contributed by atoms with E-state index in [4.69, 9.17) is 0 Å². The van der Waals surface area contributed by atoms with Gasteiger partial charge in [0.15, 0.2) is 11.6 Å². The Labute approximate surface area is 175 Å². The number of nitrogens with one attached hydrogen (secondary N) is 1. The van der Waals surface area contributed by atoms with Crippen LogP contribution in [-0.4, -0.2) is 64.3 Å². The molecule has 0 spiro atoms. The lowest BCUT2D eigenvalue weighted by molar-refractivity contribution is -0.152. The van der Waals surface area contributed by atoms with Gasteiger partial charge < -0.3 is 20.2 Å². The van der Waals surface area contributed by atoms with Gasteiger partial charge in [0.25, 0.3) is 5.91 Å². The summed E-state index contributed by atoms with van der Waals surface area (Å²) in [5.41, 5.74) is 0.109. The fraction of sp³-hybridized carbons (Fsp3) is 0.286. The normalized spacial score (nSPS) is 21.0. The Morgan fingerprint density at radius 2 is 1.71 bits per heavy atom. The number of phenolic OH excluding ortho intramolecular Hbond substituents is 1. The zero-order chi connectivity index (χ0) is 22.3. The maximum atomic E-state index is 14.0. The highest BCUT2D eigenvalue weighted by Crippen LogP contribution is 2.22. The third-order valence-electron chi connectivity index (χ3n) is 5.48. The highest BCUT2D eigenvalue weighted by molar-refractivity contribution is 5.99. The summed E-state index contributed by atoms with van der Waals surface area (Å²) >= 11 is 0. The lowest BCUT2D eigenvalue weighted by Crippen LogP contribution is -2.70. The molecule has 2 atom stereocenters. The highest BCUT2D eigenvalue weighted by atomic mass is 19.2.